The lowest BCUT2D eigenvalue weighted by Crippen LogP contribution is -2.01. The Morgan fingerprint density at radius 2 is 1.91 bits per heavy atom. The van der Waals surface area contributed by atoms with Gasteiger partial charge in [-0.3, -0.25) is 4.79 Å². The Morgan fingerprint density at radius 3 is 2.69 bits per heavy atom. The van der Waals surface area contributed by atoms with Gasteiger partial charge in [0.2, 0.25) is 5.95 Å². The quantitative estimate of drug-likeness (QED) is 0.344. The molecule has 0 saturated carbocycles. The Kier molecular flexibility index (Phi) is 4.96. The predicted molar refractivity (Wildman–Crippen MR) is 129 cm³/mol. The molecular weight excluding hydrogens is 446 g/mol. The molecule has 0 bridgehead atoms. The summed E-state index contributed by atoms with van der Waals surface area (Å²) in [5.74, 6) is -0.489. The van der Waals surface area contributed by atoms with Crippen molar-refractivity contribution in [2.45, 2.75) is 13.0 Å². The smallest absolute Gasteiger partial charge is 0.307 e. The zero-order chi connectivity index (χ0) is 22.4. The summed E-state index contributed by atoms with van der Waals surface area (Å²) in [6.07, 6.45) is 1.84. The van der Waals surface area contributed by atoms with Crippen molar-refractivity contribution in [3.05, 3.63) is 70.2 Å². The van der Waals surface area contributed by atoms with Gasteiger partial charge in [-0.2, -0.15) is 4.98 Å². The highest BCUT2D eigenvalue weighted by Gasteiger charge is 2.15. The molecule has 0 spiro atoms. The molecule has 7 nitrogen and oxygen atoms in total. The normalized spacial score (nSPS) is 11.4. The first-order chi connectivity index (χ1) is 15.4. The first-order valence-corrected chi connectivity index (χ1v) is 11.0. The van der Waals surface area contributed by atoms with Crippen LogP contribution in [0, 0.1) is 0 Å². The molecule has 0 unspecified atom stereocenters. The van der Waals surface area contributed by atoms with E-state index in [9.17, 15) is 9.90 Å². The molecule has 5 rings (SSSR count). The van der Waals surface area contributed by atoms with Crippen molar-refractivity contribution in [2.75, 3.05) is 11.5 Å². The lowest BCUT2D eigenvalue weighted by molar-refractivity contribution is -0.136. The standard InChI is InChI=1S/C23H18ClN5O2S/c24-15-2-4-20-17(7-15)14(11-32-20)10-29-9-13(6-22(30)31)16-3-1-12(5-19(16)29)18-8-21(25)28-23(26)27-18/h1-5,7-9,11H,6,10H2,(H,30,31)(H4,25,26,27,28). The summed E-state index contributed by atoms with van der Waals surface area (Å²) in [6.45, 7) is 0.577. The molecule has 3 heterocycles. The number of nitrogens with two attached hydrogens (primary N) is 2. The SMILES string of the molecule is Nc1cc(-c2ccc3c(CC(=O)O)cn(Cc4csc5ccc(Cl)cc45)c3c2)nc(N)n1. The van der Waals surface area contributed by atoms with Crippen molar-refractivity contribution in [1.29, 1.82) is 0 Å². The average molecular weight is 464 g/mol. The van der Waals surface area contributed by atoms with Crippen LogP contribution in [0.2, 0.25) is 5.02 Å². The number of thiophene rings is 1. The molecule has 0 aliphatic carbocycles. The number of benzene rings is 2. The molecule has 9 heteroatoms. The number of nitrogen functional groups attached to an aromatic ring is 2. The van der Waals surface area contributed by atoms with Gasteiger partial charge in [0.05, 0.1) is 12.1 Å². The Morgan fingerprint density at radius 1 is 1.06 bits per heavy atom. The maximum absolute atomic E-state index is 11.4. The molecule has 5 aromatic rings. The molecule has 160 valence electrons. The van der Waals surface area contributed by atoms with Crippen LogP contribution in [0.5, 0.6) is 0 Å². The van der Waals surface area contributed by atoms with Gasteiger partial charge < -0.3 is 21.1 Å². The third kappa shape index (κ3) is 3.74. The van der Waals surface area contributed by atoms with Crippen LogP contribution in [0.3, 0.4) is 0 Å². The minimum Gasteiger partial charge on any atom is -0.481 e. The van der Waals surface area contributed by atoms with Crippen molar-refractivity contribution in [3.63, 3.8) is 0 Å². The number of aromatic nitrogens is 3. The monoisotopic (exact) mass is 463 g/mol. The van der Waals surface area contributed by atoms with E-state index in [1.165, 1.54) is 0 Å². The maximum atomic E-state index is 11.4. The molecule has 32 heavy (non-hydrogen) atoms. The first-order valence-electron chi connectivity index (χ1n) is 9.77. The van der Waals surface area contributed by atoms with Crippen LogP contribution in [-0.2, 0) is 17.8 Å². The molecule has 0 aliphatic heterocycles. The summed E-state index contributed by atoms with van der Waals surface area (Å²) in [5, 5.41) is 14.2. The first kappa shape index (κ1) is 20.3. The number of aliphatic carboxylic acids is 1. The Hall–Kier alpha value is -3.62. The number of hydrogen-bond donors (Lipinski definition) is 3. The molecular formula is C23H18ClN5O2S. The maximum Gasteiger partial charge on any atom is 0.307 e. The average Bonchev–Trinajstić information content (AvgIpc) is 3.28. The van der Waals surface area contributed by atoms with Crippen LogP contribution in [0.4, 0.5) is 11.8 Å². The number of hydrogen-bond acceptors (Lipinski definition) is 6. The molecule has 0 radical (unpaired) electrons. The highest BCUT2D eigenvalue weighted by atomic mass is 35.5. The van der Waals surface area contributed by atoms with Gasteiger partial charge >= 0.3 is 5.97 Å². The number of rotatable bonds is 5. The summed E-state index contributed by atoms with van der Waals surface area (Å²) in [7, 11) is 0. The van der Waals surface area contributed by atoms with Gasteiger partial charge in [0.15, 0.2) is 0 Å². The molecule has 0 atom stereocenters. The number of carbonyl (C=O) groups is 1. The molecule has 0 aliphatic rings. The van der Waals surface area contributed by atoms with E-state index in [0.29, 0.717) is 17.3 Å². The number of carboxylic acids is 1. The molecule has 5 N–H and O–H groups in total. The highest BCUT2D eigenvalue weighted by Crippen LogP contribution is 2.32. The zero-order valence-corrected chi connectivity index (χ0v) is 18.3. The fraction of sp³-hybridized carbons (Fsp3) is 0.0870. The second-order valence-corrected chi connectivity index (χ2v) is 8.87. The lowest BCUT2D eigenvalue weighted by atomic mass is 10.1. The molecule has 0 fully saturated rings. The number of halogens is 1. The summed E-state index contributed by atoms with van der Waals surface area (Å²) in [5.41, 5.74) is 15.8. The number of anilines is 2. The molecule has 3 aromatic heterocycles. The van der Waals surface area contributed by atoms with Gasteiger partial charge in [-0.25, -0.2) is 4.98 Å². The van der Waals surface area contributed by atoms with Crippen LogP contribution >= 0.6 is 22.9 Å². The Bertz CT molecular complexity index is 1490. The van der Waals surface area contributed by atoms with E-state index < -0.39 is 5.97 Å². The van der Waals surface area contributed by atoms with Crippen molar-refractivity contribution in [3.8, 4) is 11.3 Å². The predicted octanol–water partition coefficient (Wildman–Crippen LogP) is 4.81. The third-order valence-corrected chi connectivity index (χ3v) is 6.57. The zero-order valence-electron chi connectivity index (χ0n) is 16.7. The third-order valence-electron chi connectivity index (χ3n) is 5.32. The van der Waals surface area contributed by atoms with Crippen molar-refractivity contribution in [1.82, 2.24) is 14.5 Å². The number of nitrogens with zero attached hydrogens (tertiary/aromatic N) is 3. The minimum atomic E-state index is -0.878. The van der Waals surface area contributed by atoms with E-state index in [1.54, 1.807) is 17.4 Å². The fourth-order valence-corrected chi connectivity index (χ4v) is 5.06. The van der Waals surface area contributed by atoms with Crippen LogP contribution in [0.15, 0.2) is 54.0 Å². The van der Waals surface area contributed by atoms with Gasteiger partial charge in [-0.15, -0.1) is 11.3 Å². The highest BCUT2D eigenvalue weighted by molar-refractivity contribution is 7.17. The molecule has 0 saturated heterocycles. The van der Waals surface area contributed by atoms with Crippen molar-refractivity contribution >= 4 is 61.7 Å². The van der Waals surface area contributed by atoms with E-state index in [2.05, 4.69) is 19.9 Å². The molecule has 2 aromatic carbocycles. The summed E-state index contributed by atoms with van der Waals surface area (Å²) in [4.78, 5) is 19.7. The topological polar surface area (TPSA) is 120 Å². The summed E-state index contributed by atoms with van der Waals surface area (Å²) >= 11 is 7.88. The fourth-order valence-electron chi connectivity index (χ4n) is 3.96. The van der Waals surface area contributed by atoms with E-state index in [-0.39, 0.29) is 18.2 Å². The van der Waals surface area contributed by atoms with Gasteiger partial charge in [-0.05, 0) is 46.2 Å². The Labute approximate surface area is 191 Å². The molecule has 0 amide bonds. The second-order valence-electron chi connectivity index (χ2n) is 7.52. The van der Waals surface area contributed by atoms with E-state index in [1.807, 2.05) is 42.6 Å². The van der Waals surface area contributed by atoms with Crippen molar-refractivity contribution in [2.24, 2.45) is 0 Å². The summed E-state index contributed by atoms with van der Waals surface area (Å²) in [6, 6.07) is 13.3. The van der Waals surface area contributed by atoms with Crippen LogP contribution in [-0.4, -0.2) is 25.6 Å². The van der Waals surface area contributed by atoms with Gasteiger partial charge in [0, 0.05) is 45.0 Å². The van der Waals surface area contributed by atoms with E-state index >= 15 is 0 Å². The Balaban J connectivity index is 1.66. The van der Waals surface area contributed by atoms with Gasteiger partial charge in [-0.1, -0.05) is 23.7 Å². The van der Waals surface area contributed by atoms with Gasteiger partial charge in [0.25, 0.3) is 0 Å². The van der Waals surface area contributed by atoms with Gasteiger partial charge in [0.1, 0.15) is 5.82 Å². The van der Waals surface area contributed by atoms with E-state index in [4.69, 9.17) is 23.1 Å². The van der Waals surface area contributed by atoms with Crippen molar-refractivity contribution < 1.29 is 9.90 Å². The largest absolute Gasteiger partial charge is 0.481 e. The lowest BCUT2D eigenvalue weighted by Gasteiger charge is -2.08. The van der Waals surface area contributed by atoms with E-state index in [0.717, 1.165) is 37.7 Å². The minimum absolute atomic E-state index is 0.0630. The van der Waals surface area contributed by atoms with Crippen LogP contribution in [0.1, 0.15) is 11.1 Å². The van der Waals surface area contributed by atoms with Crippen LogP contribution < -0.4 is 11.5 Å². The van der Waals surface area contributed by atoms with Crippen LogP contribution in [0.25, 0.3) is 32.2 Å². The second kappa shape index (κ2) is 7.81. The number of carboxylic acid groups (broad SMARTS) is 1. The number of fused-ring (bicyclic) bond motifs is 2. The summed E-state index contributed by atoms with van der Waals surface area (Å²) < 4.78 is 3.21.